The van der Waals surface area contributed by atoms with Crippen molar-refractivity contribution in [1.82, 2.24) is 14.4 Å². The minimum Gasteiger partial charge on any atom is -0.497 e. The third-order valence-corrected chi connectivity index (χ3v) is 4.89. The second-order valence-corrected chi connectivity index (χ2v) is 7.03. The van der Waals surface area contributed by atoms with Crippen LogP contribution >= 0.6 is 0 Å². The lowest BCUT2D eigenvalue weighted by atomic mass is 10.1. The predicted molar refractivity (Wildman–Crippen MR) is 118 cm³/mol. The standard InChI is InChI=1S/C23H22FN5O2/c1-15-6-7-17(24)13-19(15)27-21(30)8-9-26-23-22(16-4-3-5-18(12-16)31-2)28-20-14-25-10-11-29(20)23/h3-7,10-14,26H,8-9H2,1-2H3,(H,27,30). The molecule has 7 nitrogen and oxygen atoms in total. The van der Waals surface area contributed by atoms with Crippen molar-refractivity contribution in [1.29, 1.82) is 0 Å². The van der Waals surface area contributed by atoms with Crippen molar-refractivity contribution in [2.45, 2.75) is 13.3 Å². The minimum absolute atomic E-state index is 0.200. The van der Waals surface area contributed by atoms with Crippen LogP contribution in [0.3, 0.4) is 0 Å². The van der Waals surface area contributed by atoms with Gasteiger partial charge < -0.3 is 15.4 Å². The van der Waals surface area contributed by atoms with Crippen LogP contribution in [-0.2, 0) is 4.79 Å². The molecule has 1 amide bonds. The number of hydrogen-bond donors (Lipinski definition) is 2. The number of amides is 1. The van der Waals surface area contributed by atoms with Gasteiger partial charge in [-0.3, -0.25) is 14.2 Å². The van der Waals surface area contributed by atoms with Gasteiger partial charge in [0.05, 0.1) is 13.3 Å². The molecule has 0 bridgehead atoms. The van der Waals surface area contributed by atoms with Crippen LogP contribution in [0.4, 0.5) is 15.9 Å². The van der Waals surface area contributed by atoms with Crippen LogP contribution in [0.1, 0.15) is 12.0 Å². The van der Waals surface area contributed by atoms with Crippen LogP contribution in [-0.4, -0.2) is 33.9 Å². The number of anilines is 2. The summed E-state index contributed by atoms with van der Waals surface area (Å²) in [5.41, 5.74) is 3.57. The lowest BCUT2D eigenvalue weighted by Crippen LogP contribution is -2.17. The third kappa shape index (κ3) is 4.48. The highest BCUT2D eigenvalue weighted by atomic mass is 19.1. The van der Waals surface area contributed by atoms with Crippen molar-refractivity contribution in [3.05, 3.63) is 72.4 Å². The summed E-state index contributed by atoms with van der Waals surface area (Å²) in [4.78, 5) is 21.2. The third-order valence-electron chi connectivity index (χ3n) is 4.89. The smallest absolute Gasteiger partial charge is 0.226 e. The molecular formula is C23H22FN5O2. The van der Waals surface area contributed by atoms with E-state index in [1.807, 2.05) is 41.8 Å². The van der Waals surface area contributed by atoms with E-state index in [-0.39, 0.29) is 18.1 Å². The average molecular weight is 419 g/mol. The van der Waals surface area contributed by atoms with Gasteiger partial charge >= 0.3 is 0 Å². The molecular weight excluding hydrogens is 397 g/mol. The van der Waals surface area contributed by atoms with Crippen molar-refractivity contribution in [2.24, 2.45) is 0 Å². The Hall–Kier alpha value is -3.94. The quantitative estimate of drug-likeness (QED) is 0.467. The molecule has 0 fully saturated rings. The van der Waals surface area contributed by atoms with Gasteiger partial charge in [0.25, 0.3) is 0 Å². The van der Waals surface area contributed by atoms with Crippen molar-refractivity contribution in [3.63, 3.8) is 0 Å². The van der Waals surface area contributed by atoms with Gasteiger partial charge in [-0.15, -0.1) is 0 Å². The molecule has 0 atom stereocenters. The zero-order valence-electron chi connectivity index (χ0n) is 17.2. The van der Waals surface area contributed by atoms with Gasteiger partial charge in [0.1, 0.15) is 23.1 Å². The molecule has 0 saturated heterocycles. The highest BCUT2D eigenvalue weighted by Crippen LogP contribution is 2.30. The van der Waals surface area contributed by atoms with E-state index in [9.17, 15) is 9.18 Å². The predicted octanol–water partition coefficient (Wildman–Crippen LogP) is 4.29. The van der Waals surface area contributed by atoms with Crippen molar-refractivity contribution in [3.8, 4) is 17.0 Å². The van der Waals surface area contributed by atoms with Crippen LogP contribution in [0.25, 0.3) is 16.9 Å². The number of carbonyl (C=O) groups excluding carboxylic acids is 1. The summed E-state index contributed by atoms with van der Waals surface area (Å²) in [5, 5.41) is 6.07. The zero-order chi connectivity index (χ0) is 21.8. The lowest BCUT2D eigenvalue weighted by molar-refractivity contribution is -0.115. The molecule has 0 aliphatic carbocycles. The summed E-state index contributed by atoms with van der Waals surface area (Å²) in [5.74, 6) is 0.879. The van der Waals surface area contributed by atoms with Gasteiger partial charge in [-0.2, -0.15) is 0 Å². The number of methoxy groups -OCH3 is 1. The number of fused-ring (bicyclic) bond motifs is 1. The number of nitrogens with one attached hydrogen (secondary N) is 2. The number of carbonyl (C=O) groups is 1. The molecule has 0 aliphatic rings. The molecule has 2 heterocycles. The van der Waals surface area contributed by atoms with E-state index in [1.54, 1.807) is 25.6 Å². The second-order valence-electron chi connectivity index (χ2n) is 7.03. The second kappa shape index (κ2) is 8.83. The monoisotopic (exact) mass is 419 g/mol. The molecule has 31 heavy (non-hydrogen) atoms. The number of nitrogens with zero attached hydrogens (tertiary/aromatic N) is 3. The van der Waals surface area contributed by atoms with Gasteiger partial charge in [0, 0.05) is 36.6 Å². The number of aryl methyl sites for hydroxylation is 1. The molecule has 4 rings (SSSR count). The molecule has 0 spiro atoms. The molecule has 0 radical (unpaired) electrons. The van der Waals surface area contributed by atoms with Gasteiger partial charge in [0.15, 0.2) is 5.65 Å². The zero-order valence-corrected chi connectivity index (χ0v) is 17.2. The number of ether oxygens (including phenoxy) is 1. The highest BCUT2D eigenvalue weighted by Gasteiger charge is 2.15. The molecule has 4 aromatic rings. The highest BCUT2D eigenvalue weighted by molar-refractivity contribution is 5.91. The average Bonchev–Trinajstić information content (AvgIpc) is 3.15. The summed E-state index contributed by atoms with van der Waals surface area (Å²) in [6.45, 7) is 2.19. The molecule has 2 aromatic heterocycles. The molecule has 8 heteroatoms. The number of benzene rings is 2. The summed E-state index contributed by atoms with van der Waals surface area (Å²) in [6, 6.07) is 11.9. The molecule has 0 unspecified atom stereocenters. The summed E-state index contributed by atoms with van der Waals surface area (Å²) < 4.78 is 20.7. The summed E-state index contributed by atoms with van der Waals surface area (Å²) >= 11 is 0. The normalized spacial score (nSPS) is 10.8. The van der Waals surface area contributed by atoms with E-state index in [2.05, 4.69) is 20.6 Å². The molecule has 2 aromatic carbocycles. The Morgan fingerprint density at radius 2 is 2.10 bits per heavy atom. The number of imidazole rings is 1. The topological polar surface area (TPSA) is 80.6 Å². The number of aromatic nitrogens is 3. The Labute approximate surface area is 178 Å². The van der Waals surface area contributed by atoms with Crippen LogP contribution < -0.4 is 15.4 Å². The first-order valence-electron chi connectivity index (χ1n) is 9.81. The van der Waals surface area contributed by atoms with Crippen molar-refractivity contribution < 1.29 is 13.9 Å². The summed E-state index contributed by atoms with van der Waals surface area (Å²) in [6.07, 6.45) is 5.36. The SMILES string of the molecule is COc1cccc(-c2nc3cnccn3c2NCCC(=O)Nc2cc(F)ccc2C)c1. The Morgan fingerprint density at radius 1 is 1.23 bits per heavy atom. The maximum absolute atomic E-state index is 13.5. The molecule has 2 N–H and O–H groups in total. The van der Waals surface area contributed by atoms with E-state index >= 15 is 0 Å². The van der Waals surface area contributed by atoms with Gasteiger partial charge in [-0.1, -0.05) is 18.2 Å². The first kappa shape index (κ1) is 20.3. The van der Waals surface area contributed by atoms with E-state index in [4.69, 9.17) is 4.74 Å². The number of hydrogen-bond acceptors (Lipinski definition) is 5. The maximum Gasteiger partial charge on any atom is 0.226 e. The first-order chi connectivity index (χ1) is 15.0. The fraction of sp³-hybridized carbons (Fsp3) is 0.174. The molecule has 0 aliphatic heterocycles. The summed E-state index contributed by atoms with van der Waals surface area (Å²) in [7, 11) is 1.62. The molecule has 0 saturated carbocycles. The van der Waals surface area contributed by atoms with Gasteiger partial charge in [0.2, 0.25) is 5.91 Å². The Kier molecular flexibility index (Phi) is 5.79. The minimum atomic E-state index is -0.388. The Bertz CT molecular complexity index is 1240. The van der Waals surface area contributed by atoms with Gasteiger partial charge in [-0.05, 0) is 36.8 Å². The van der Waals surface area contributed by atoms with Gasteiger partial charge in [-0.25, -0.2) is 9.37 Å². The van der Waals surface area contributed by atoms with Crippen molar-refractivity contribution in [2.75, 3.05) is 24.3 Å². The van der Waals surface area contributed by atoms with E-state index in [0.29, 0.717) is 17.9 Å². The van der Waals surface area contributed by atoms with Crippen LogP contribution in [0, 0.1) is 12.7 Å². The van der Waals surface area contributed by atoms with E-state index in [0.717, 1.165) is 28.4 Å². The Balaban J connectivity index is 1.52. The van der Waals surface area contributed by atoms with Crippen LogP contribution in [0.2, 0.25) is 0 Å². The fourth-order valence-electron chi connectivity index (χ4n) is 3.28. The largest absolute Gasteiger partial charge is 0.497 e. The van der Waals surface area contributed by atoms with E-state index in [1.165, 1.54) is 12.1 Å². The Morgan fingerprint density at radius 3 is 2.94 bits per heavy atom. The lowest BCUT2D eigenvalue weighted by Gasteiger charge is -2.11. The fourth-order valence-corrected chi connectivity index (χ4v) is 3.28. The van der Waals surface area contributed by atoms with Crippen LogP contribution in [0.15, 0.2) is 61.1 Å². The number of halogens is 1. The molecule has 158 valence electrons. The van der Waals surface area contributed by atoms with Crippen molar-refractivity contribution >= 4 is 23.1 Å². The maximum atomic E-state index is 13.5. The van der Waals surface area contributed by atoms with E-state index < -0.39 is 0 Å². The number of rotatable bonds is 7. The first-order valence-corrected chi connectivity index (χ1v) is 9.81. The van der Waals surface area contributed by atoms with Crippen LogP contribution in [0.5, 0.6) is 5.75 Å².